The van der Waals surface area contributed by atoms with Gasteiger partial charge in [-0.2, -0.15) is 0 Å². The van der Waals surface area contributed by atoms with Gasteiger partial charge in [0, 0.05) is 11.3 Å². The van der Waals surface area contributed by atoms with Gasteiger partial charge in [0.2, 0.25) is 0 Å². The molecule has 0 atom stereocenters. The number of nitrogens with one attached hydrogen (secondary N) is 1. The summed E-state index contributed by atoms with van der Waals surface area (Å²) in [6, 6.07) is 25.4. The van der Waals surface area contributed by atoms with Crippen LogP contribution in [0, 0.1) is 0 Å². The van der Waals surface area contributed by atoms with Crippen molar-refractivity contribution in [3.63, 3.8) is 0 Å². The van der Waals surface area contributed by atoms with E-state index in [1.807, 2.05) is 84.9 Å². The van der Waals surface area contributed by atoms with Crippen molar-refractivity contribution in [2.24, 2.45) is 0 Å². The Morgan fingerprint density at radius 1 is 0.889 bits per heavy atom. The molecule has 1 aliphatic rings. The largest absolute Gasteiger partial charge is 0.497 e. The highest BCUT2D eigenvalue weighted by atomic mass is 16.5. The highest BCUT2D eigenvalue weighted by Crippen LogP contribution is 2.39. The van der Waals surface area contributed by atoms with Crippen LogP contribution in [0.5, 0.6) is 5.75 Å². The van der Waals surface area contributed by atoms with Crippen molar-refractivity contribution >= 4 is 28.8 Å². The van der Waals surface area contributed by atoms with Gasteiger partial charge in [-0.1, -0.05) is 48.5 Å². The predicted octanol–water partition coefficient (Wildman–Crippen LogP) is 5.27. The maximum absolute atomic E-state index is 12.9. The average molecular weight is 353 g/mol. The first-order valence-electron chi connectivity index (χ1n) is 8.78. The predicted molar refractivity (Wildman–Crippen MR) is 110 cm³/mol. The molecule has 27 heavy (non-hydrogen) atoms. The maximum atomic E-state index is 12.9. The first-order valence-corrected chi connectivity index (χ1v) is 8.78. The quantitative estimate of drug-likeness (QED) is 0.694. The molecule has 0 radical (unpaired) electrons. The summed E-state index contributed by atoms with van der Waals surface area (Å²) in [5, 5.41) is 2.97. The minimum absolute atomic E-state index is 0.121. The van der Waals surface area contributed by atoms with E-state index in [2.05, 4.69) is 11.4 Å². The Hall–Kier alpha value is -3.59. The van der Waals surface area contributed by atoms with Crippen molar-refractivity contribution in [3.05, 3.63) is 102 Å². The molecule has 0 heterocycles. The lowest BCUT2D eigenvalue weighted by molar-refractivity contribution is -0.111. The molecule has 4 rings (SSSR count). The lowest BCUT2D eigenvalue weighted by atomic mass is 10.0. The van der Waals surface area contributed by atoms with Crippen molar-refractivity contribution in [1.29, 1.82) is 0 Å². The van der Waals surface area contributed by atoms with E-state index in [0.717, 1.165) is 33.7 Å². The maximum Gasteiger partial charge on any atom is 0.256 e. The van der Waals surface area contributed by atoms with Crippen LogP contribution in [0.2, 0.25) is 0 Å². The Bertz CT molecular complexity index is 1030. The van der Waals surface area contributed by atoms with Crippen molar-refractivity contribution < 1.29 is 9.53 Å². The SMILES string of the molecule is COc1ccc2c(c1)/C(=C/c1ccccc1)C=C2C(=O)Nc1ccccc1. The average Bonchev–Trinajstić information content (AvgIpc) is 3.07. The number of carbonyl (C=O) groups excluding carboxylic acids is 1. The Kier molecular flexibility index (Phi) is 4.58. The van der Waals surface area contributed by atoms with Gasteiger partial charge in [0.15, 0.2) is 0 Å². The number of amides is 1. The Balaban J connectivity index is 1.74. The molecule has 3 heteroatoms. The van der Waals surface area contributed by atoms with E-state index in [1.165, 1.54) is 0 Å². The number of hydrogen-bond acceptors (Lipinski definition) is 2. The Labute approximate surface area is 158 Å². The van der Waals surface area contributed by atoms with E-state index in [0.29, 0.717) is 5.57 Å². The molecule has 0 spiro atoms. The number of rotatable bonds is 4. The first kappa shape index (κ1) is 16.9. The third kappa shape index (κ3) is 3.53. The van der Waals surface area contributed by atoms with Crippen LogP contribution in [-0.2, 0) is 4.79 Å². The van der Waals surface area contributed by atoms with Crippen LogP contribution in [0.4, 0.5) is 5.69 Å². The lowest BCUT2D eigenvalue weighted by Gasteiger charge is -2.09. The molecule has 1 N–H and O–H groups in total. The third-order valence-corrected chi connectivity index (χ3v) is 4.53. The molecule has 3 aromatic rings. The molecule has 0 unspecified atom stereocenters. The number of hydrogen-bond donors (Lipinski definition) is 1. The number of anilines is 1. The van der Waals surface area contributed by atoms with Crippen molar-refractivity contribution in [3.8, 4) is 5.75 Å². The summed E-state index contributed by atoms with van der Waals surface area (Å²) in [5.41, 5.74) is 5.41. The summed E-state index contributed by atoms with van der Waals surface area (Å²) in [5.74, 6) is 0.648. The molecule has 0 saturated carbocycles. The second kappa shape index (κ2) is 7.34. The molecule has 1 amide bonds. The molecule has 1 aliphatic carbocycles. The highest BCUT2D eigenvalue weighted by molar-refractivity contribution is 6.30. The van der Waals surface area contributed by atoms with Gasteiger partial charge in [-0.25, -0.2) is 0 Å². The zero-order valence-electron chi connectivity index (χ0n) is 15.0. The monoisotopic (exact) mass is 353 g/mol. The van der Waals surface area contributed by atoms with Gasteiger partial charge in [-0.3, -0.25) is 4.79 Å². The van der Waals surface area contributed by atoms with Crippen LogP contribution in [0.25, 0.3) is 17.2 Å². The number of carbonyl (C=O) groups is 1. The fourth-order valence-corrected chi connectivity index (χ4v) is 3.19. The minimum atomic E-state index is -0.121. The number of fused-ring (bicyclic) bond motifs is 1. The molecule has 0 aliphatic heterocycles. The fourth-order valence-electron chi connectivity index (χ4n) is 3.19. The zero-order chi connectivity index (χ0) is 18.6. The molecule has 132 valence electrons. The molecular weight excluding hydrogens is 334 g/mol. The van der Waals surface area contributed by atoms with Crippen LogP contribution >= 0.6 is 0 Å². The Morgan fingerprint density at radius 3 is 2.30 bits per heavy atom. The van der Waals surface area contributed by atoms with Gasteiger partial charge >= 0.3 is 0 Å². The van der Waals surface area contributed by atoms with Gasteiger partial charge in [-0.15, -0.1) is 0 Å². The first-order chi connectivity index (χ1) is 13.2. The standard InChI is InChI=1S/C24H19NO2/c1-27-20-12-13-21-22(16-20)18(14-17-8-4-2-5-9-17)15-23(21)24(26)25-19-10-6-3-7-11-19/h2-16H,1H3,(H,25,26)/b18-14+. The normalized spacial score (nSPS) is 13.8. The molecule has 3 nitrogen and oxygen atoms in total. The van der Waals surface area contributed by atoms with Crippen molar-refractivity contribution in [2.75, 3.05) is 12.4 Å². The number of para-hydroxylation sites is 1. The second-order valence-electron chi connectivity index (χ2n) is 6.30. The molecule has 0 aromatic heterocycles. The van der Waals surface area contributed by atoms with Gasteiger partial charge in [0.05, 0.1) is 7.11 Å². The minimum Gasteiger partial charge on any atom is -0.497 e. The summed E-state index contributed by atoms with van der Waals surface area (Å²) in [4.78, 5) is 12.9. The van der Waals surface area contributed by atoms with E-state index < -0.39 is 0 Å². The van der Waals surface area contributed by atoms with Crippen LogP contribution in [0.15, 0.2) is 84.9 Å². The van der Waals surface area contributed by atoms with E-state index >= 15 is 0 Å². The third-order valence-electron chi connectivity index (χ3n) is 4.53. The molecule has 0 saturated heterocycles. The van der Waals surface area contributed by atoms with Crippen molar-refractivity contribution in [2.45, 2.75) is 0 Å². The lowest BCUT2D eigenvalue weighted by Crippen LogP contribution is -2.12. The van der Waals surface area contributed by atoms with Gasteiger partial charge < -0.3 is 10.1 Å². The fraction of sp³-hybridized carbons (Fsp3) is 0.0417. The zero-order valence-corrected chi connectivity index (χ0v) is 15.0. The summed E-state index contributed by atoms with van der Waals surface area (Å²) >= 11 is 0. The van der Waals surface area contributed by atoms with E-state index in [-0.39, 0.29) is 5.91 Å². The van der Waals surface area contributed by atoms with Crippen LogP contribution in [0.1, 0.15) is 16.7 Å². The van der Waals surface area contributed by atoms with Crippen molar-refractivity contribution in [1.82, 2.24) is 0 Å². The summed E-state index contributed by atoms with van der Waals surface area (Å²) in [6.45, 7) is 0. The molecule has 3 aromatic carbocycles. The number of benzene rings is 3. The van der Waals surface area contributed by atoms with E-state index in [1.54, 1.807) is 7.11 Å². The van der Waals surface area contributed by atoms with E-state index in [9.17, 15) is 4.79 Å². The topological polar surface area (TPSA) is 38.3 Å². The molecule has 0 fully saturated rings. The summed E-state index contributed by atoms with van der Waals surface area (Å²) < 4.78 is 5.38. The number of ether oxygens (including phenoxy) is 1. The van der Waals surface area contributed by atoms with Gasteiger partial charge in [0.1, 0.15) is 5.75 Å². The second-order valence-corrected chi connectivity index (χ2v) is 6.30. The van der Waals surface area contributed by atoms with Crippen LogP contribution < -0.4 is 10.1 Å². The Morgan fingerprint density at radius 2 is 1.59 bits per heavy atom. The highest BCUT2D eigenvalue weighted by Gasteiger charge is 2.24. The van der Waals surface area contributed by atoms with E-state index in [4.69, 9.17) is 4.74 Å². The van der Waals surface area contributed by atoms with Crippen LogP contribution in [-0.4, -0.2) is 13.0 Å². The van der Waals surface area contributed by atoms with Gasteiger partial charge in [0.25, 0.3) is 5.91 Å². The number of allylic oxidation sites excluding steroid dienone is 2. The molecule has 0 bridgehead atoms. The molecular formula is C24H19NO2. The summed E-state index contributed by atoms with van der Waals surface area (Å²) in [7, 11) is 1.65. The smallest absolute Gasteiger partial charge is 0.256 e. The van der Waals surface area contributed by atoms with Gasteiger partial charge in [-0.05, 0) is 64.7 Å². The van der Waals surface area contributed by atoms with Crippen LogP contribution in [0.3, 0.4) is 0 Å². The summed E-state index contributed by atoms with van der Waals surface area (Å²) in [6.07, 6.45) is 4.02. The number of methoxy groups -OCH3 is 1.